The average molecular weight is 401 g/mol. The molecule has 3 aromatic rings. The van der Waals surface area contributed by atoms with Crippen LogP contribution in [0.2, 0.25) is 0 Å². The lowest BCUT2D eigenvalue weighted by atomic mass is 9.93. The second-order valence-electron chi connectivity index (χ2n) is 6.92. The van der Waals surface area contributed by atoms with Gasteiger partial charge in [-0.25, -0.2) is 0 Å². The number of benzene rings is 1. The van der Waals surface area contributed by atoms with Crippen molar-refractivity contribution in [1.29, 1.82) is 0 Å². The van der Waals surface area contributed by atoms with Gasteiger partial charge < -0.3 is 14.6 Å². The molecule has 7 heteroatoms. The van der Waals surface area contributed by atoms with Crippen LogP contribution in [0.15, 0.2) is 53.3 Å². The molecule has 1 aliphatic heterocycles. The number of hydrogen-bond acceptors (Lipinski definition) is 6. The van der Waals surface area contributed by atoms with Gasteiger partial charge in [0.15, 0.2) is 0 Å². The Morgan fingerprint density at radius 3 is 2.68 bits per heavy atom. The van der Waals surface area contributed by atoms with Gasteiger partial charge >= 0.3 is 0 Å². The summed E-state index contributed by atoms with van der Waals surface area (Å²) in [6.07, 6.45) is 8.00. The molecule has 1 aromatic carbocycles. The number of nitrogens with one attached hydrogen (secondary N) is 1. The molecule has 1 aliphatic rings. The highest BCUT2D eigenvalue weighted by molar-refractivity contribution is 5.85. The van der Waals surface area contributed by atoms with E-state index in [0.717, 1.165) is 54.6 Å². The average Bonchev–Trinajstić information content (AvgIpc) is 3.22. The summed E-state index contributed by atoms with van der Waals surface area (Å²) in [5.41, 5.74) is 1.97. The largest absolute Gasteiger partial charge is 0.489 e. The molecule has 0 aliphatic carbocycles. The van der Waals surface area contributed by atoms with Crippen LogP contribution in [-0.2, 0) is 13.0 Å². The van der Waals surface area contributed by atoms with Crippen LogP contribution >= 0.6 is 12.4 Å². The minimum atomic E-state index is 0. The van der Waals surface area contributed by atoms with Crippen LogP contribution in [0.3, 0.4) is 0 Å². The van der Waals surface area contributed by atoms with E-state index in [1.54, 1.807) is 12.4 Å². The third-order valence-corrected chi connectivity index (χ3v) is 4.93. The molecule has 0 atom stereocenters. The summed E-state index contributed by atoms with van der Waals surface area (Å²) in [4.78, 5) is 8.63. The molecule has 2 aromatic heterocycles. The lowest BCUT2D eigenvalue weighted by Crippen LogP contribution is -2.27. The Kier molecular flexibility index (Phi) is 7.39. The summed E-state index contributed by atoms with van der Waals surface area (Å²) in [7, 11) is 0. The number of ether oxygens (including phenoxy) is 1. The van der Waals surface area contributed by atoms with Gasteiger partial charge in [0, 0.05) is 29.9 Å². The molecule has 0 unspecified atom stereocenters. The van der Waals surface area contributed by atoms with Crippen molar-refractivity contribution in [2.45, 2.75) is 32.3 Å². The zero-order valence-electron chi connectivity index (χ0n) is 15.7. The first-order valence-corrected chi connectivity index (χ1v) is 9.52. The lowest BCUT2D eigenvalue weighted by molar-refractivity contribution is 0.306. The van der Waals surface area contributed by atoms with E-state index in [1.807, 2.05) is 36.4 Å². The van der Waals surface area contributed by atoms with Crippen molar-refractivity contribution in [3.63, 3.8) is 0 Å². The molecule has 1 fully saturated rings. The molecule has 3 heterocycles. The van der Waals surface area contributed by atoms with Crippen LogP contribution in [0.5, 0.6) is 5.75 Å². The molecule has 1 saturated heterocycles. The summed E-state index contributed by atoms with van der Waals surface area (Å²) < 4.78 is 11.2. The van der Waals surface area contributed by atoms with Gasteiger partial charge in [-0.1, -0.05) is 11.2 Å². The van der Waals surface area contributed by atoms with Gasteiger partial charge in [-0.05, 0) is 68.6 Å². The van der Waals surface area contributed by atoms with Gasteiger partial charge in [-0.3, -0.25) is 4.98 Å². The number of nitrogens with zero attached hydrogens (tertiary/aromatic N) is 3. The van der Waals surface area contributed by atoms with Crippen molar-refractivity contribution in [3.05, 3.63) is 60.2 Å². The number of pyridine rings is 1. The Balaban J connectivity index is 0.00000225. The van der Waals surface area contributed by atoms with Crippen molar-refractivity contribution in [1.82, 2.24) is 20.4 Å². The van der Waals surface area contributed by atoms with Gasteiger partial charge in [0.05, 0.1) is 0 Å². The molecule has 28 heavy (non-hydrogen) atoms. The smallest absolute Gasteiger partial charge is 0.226 e. The molecule has 0 amide bonds. The minimum absolute atomic E-state index is 0. The number of rotatable bonds is 7. The van der Waals surface area contributed by atoms with Crippen LogP contribution in [0, 0.1) is 5.92 Å². The zero-order chi connectivity index (χ0) is 18.3. The number of hydrogen-bond donors (Lipinski definition) is 1. The molecule has 1 N–H and O–H groups in total. The maximum Gasteiger partial charge on any atom is 0.226 e. The van der Waals surface area contributed by atoms with Gasteiger partial charge in [0.2, 0.25) is 11.7 Å². The first-order chi connectivity index (χ1) is 13.4. The Morgan fingerprint density at radius 2 is 1.93 bits per heavy atom. The van der Waals surface area contributed by atoms with Crippen LogP contribution in [0.4, 0.5) is 0 Å². The van der Waals surface area contributed by atoms with Crippen molar-refractivity contribution >= 4 is 12.4 Å². The summed E-state index contributed by atoms with van der Waals surface area (Å²) in [5, 5.41) is 7.52. The van der Waals surface area contributed by atoms with Gasteiger partial charge in [-0.2, -0.15) is 4.98 Å². The van der Waals surface area contributed by atoms with Crippen LogP contribution in [0.1, 0.15) is 30.7 Å². The van der Waals surface area contributed by atoms with E-state index in [0.29, 0.717) is 12.4 Å². The van der Waals surface area contributed by atoms with Crippen LogP contribution in [-0.4, -0.2) is 28.2 Å². The SMILES string of the molecule is Cl.c1cncc(COc2ccc(-c3noc(CCC4CCNCC4)n3)cc2)c1. The van der Waals surface area contributed by atoms with E-state index in [4.69, 9.17) is 9.26 Å². The summed E-state index contributed by atoms with van der Waals surface area (Å²) in [6, 6.07) is 11.7. The van der Waals surface area contributed by atoms with E-state index in [2.05, 4.69) is 20.4 Å². The molecular weight excluding hydrogens is 376 g/mol. The number of aryl methyl sites for hydroxylation is 1. The number of aromatic nitrogens is 3. The fourth-order valence-electron chi connectivity index (χ4n) is 3.32. The Labute approximate surface area is 171 Å². The fraction of sp³-hybridized carbons (Fsp3) is 0.381. The molecule has 0 spiro atoms. The van der Waals surface area contributed by atoms with E-state index < -0.39 is 0 Å². The molecule has 0 bridgehead atoms. The lowest BCUT2D eigenvalue weighted by Gasteiger charge is -2.21. The summed E-state index contributed by atoms with van der Waals surface area (Å²) in [6.45, 7) is 2.74. The third-order valence-electron chi connectivity index (χ3n) is 4.93. The van der Waals surface area contributed by atoms with E-state index >= 15 is 0 Å². The second kappa shape index (κ2) is 10.2. The Hall–Kier alpha value is -2.44. The predicted molar refractivity (Wildman–Crippen MR) is 109 cm³/mol. The maximum atomic E-state index is 5.78. The van der Waals surface area contributed by atoms with E-state index in [1.165, 1.54) is 12.8 Å². The quantitative estimate of drug-likeness (QED) is 0.644. The highest BCUT2D eigenvalue weighted by atomic mass is 35.5. The molecule has 6 nitrogen and oxygen atoms in total. The first-order valence-electron chi connectivity index (χ1n) is 9.52. The second-order valence-corrected chi connectivity index (χ2v) is 6.92. The van der Waals surface area contributed by atoms with Gasteiger partial charge in [-0.15, -0.1) is 12.4 Å². The molecule has 148 valence electrons. The maximum absolute atomic E-state index is 5.78. The number of halogens is 1. The summed E-state index contributed by atoms with van der Waals surface area (Å²) >= 11 is 0. The third kappa shape index (κ3) is 5.53. The van der Waals surface area contributed by atoms with Crippen molar-refractivity contribution in [3.8, 4) is 17.1 Å². The highest BCUT2D eigenvalue weighted by Crippen LogP contribution is 2.22. The monoisotopic (exact) mass is 400 g/mol. The van der Waals surface area contributed by atoms with Crippen molar-refractivity contribution in [2.75, 3.05) is 13.1 Å². The standard InChI is InChI=1S/C21H24N4O2.ClH/c1-2-17(14-23-11-1)15-26-19-6-4-18(5-7-19)21-24-20(27-25-21)8-3-16-9-12-22-13-10-16;/h1-2,4-7,11,14,16,22H,3,8-10,12-13,15H2;1H. The fourth-order valence-corrected chi connectivity index (χ4v) is 3.32. The normalized spacial score (nSPS) is 14.4. The zero-order valence-corrected chi connectivity index (χ0v) is 16.5. The summed E-state index contributed by atoms with van der Waals surface area (Å²) in [5.74, 6) is 2.92. The van der Waals surface area contributed by atoms with E-state index in [-0.39, 0.29) is 12.4 Å². The van der Waals surface area contributed by atoms with Crippen LogP contribution < -0.4 is 10.1 Å². The first kappa shape index (κ1) is 20.3. The highest BCUT2D eigenvalue weighted by Gasteiger charge is 2.15. The Bertz CT molecular complexity index is 833. The van der Waals surface area contributed by atoms with Crippen molar-refractivity contribution < 1.29 is 9.26 Å². The predicted octanol–water partition coefficient (Wildman–Crippen LogP) is 4.06. The topological polar surface area (TPSA) is 73.1 Å². The molecule has 4 rings (SSSR count). The van der Waals surface area contributed by atoms with Crippen molar-refractivity contribution in [2.24, 2.45) is 5.92 Å². The molecule has 0 saturated carbocycles. The van der Waals surface area contributed by atoms with Crippen LogP contribution in [0.25, 0.3) is 11.4 Å². The molecular formula is C21H25ClN4O2. The van der Waals surface area contributed by atoms with Gasteiger partial charge in [0.25, 0.3) is 0 Å². The van der Waals surface area contributed by atoms with Gasteiger partial charge in [0.1, 0.15) is 12.4 Å². The van der Waals surface area contributed by atoms with E-state index in [9.17, 15) is 0 Å². The Morgan fingerprint density at radius 1 is 1.11 bits per heavy atom. The minimum Gasteiger partial charge on any atom is -0.489 e. The number of piperidine rings is 1. The molecule has 0 radical (unpaired) electrons.